The van der Waals surface area contributed by atoms with Gasteiger partial charge in [-0.25, -0.2) is 13.2 Å². The molecule has 1 fully saturated rings. The Morgan fingerprint density at radius 2 is 1.82 bits per heavy atom. The van der Waals surface area contributed by atoms with E-state index >= 15 is 0 Å². The molecule has 0 aromatic heterocycles. The van der Waals surface area contributed by atoms with E-state index in [0.717, 1.165) is 5.56 Å². The van der Waals surface area contributed by atoms with Crippen molar-refractivity contribution in [3.8, 4) is 0 Å². The van der Waals surface area contributed by atoms with E-state index in [4.69, 9.17) is 23.2 Å². The number of anilines is 1. The Balaban J connectivity index is 1.68. The second-order valence-electron chi connectivity index (χ2n) is 6.60. The molecular weight excluding hydrogens is 421 g/mol. The number of amides is 2. The third kappa shape index (κ3) is 4.78. The zero-order chi connectivity index (χ0) is 20.3. The van der Waals surface area contributed by atoms with Gasteiger partial charge in [-0.3, -0.25) is 0 Å². The topological polar surface area (TPSA) is 69.7 Å². The minimum absolute atomic E-state index is 0.167. The normalized spacial score (nSPS) is 15.9. The summed E-state index contributed by atoms with van der Waals surface area (Å²) in [6, 6.07) is 11.3. The molecular formula is C19H21Cl2N3O3S. The van der Waals surface area contributed by atoms with E-state index in [1.54, 1.807) is 41.3 Å². The quantitative estimate of drug-likeness (QED) is 0.774. The fraction of sp³-hybridized carbons (Fsp3) is 0.316. The van der Waals surface area contributed by atoms with Gasteiger partial charge >= 0.3 is 6.03 Å². The van der Waals surface area contributed by atoms with Crippen molar-refractivity contribution in [1.82, 2.24) is 9.21 Å². The lowest BCUT2D eigenvalue weighted by Gasteiger charge is -2.22. The Hall–Kier alpha value is -1.80. The van der Waals surface area contributed by atoms with Gasteiger partial charge in [0.2, 0.25) is 10.0 Å². The van der Waals surface area contributed by atoms with Crippen molar-refractivity contribution in [2.75, 3.05) is 31.5 Å². The molecule has 0 bridgehead atoms. The number of urea groups is 1. The number of nitrogens with one attached hydrogen (secondary N) is 1. The van der Waals surface area contributed by atoms with E-state index in [0.29, 0.717) is 41.8 Å². The molecule has 0 unspecified atom stereocenters. The summed E-state index contributed by atoms with van der Waals surface area (Å²) in [6.45, 7) is 3.14. The highest BCUT2D eigenvalue weighted by molar-refractivity contribution is 7.89. The van der Waals surface area contributed by atoms with Crippen LogP contribution >= 0.6 is 23.2 Å². The molecule has 1 saturated heterocycles. The van der Waals surface area contributed by atoms with Crippen LogP contribution < -0.4 is 5.32 Å². The Morgan fingerprint density at radius 3 is 2.54 bits per heavy atom. The van der Waals surface area contributed by atoms with E-state index in [1.165, 1.54) is 10.4 Å². The number of sulfonamides is 1. The van der Waals surface area contributed by atoms with Crippen LogP contribution in [0.5, 0.6) is 0 Å². The number of halogens is 2. The van der Waals surface area contributed by atoms with Crippen LogP contribution in [-0.4, -0.2) is 49.8 Å². The van der Waals surface area contributed by atoms with Crippen molar-refractivity contribution in [3.63, 3.8) is 0 Å². The van der Waals surface area contributed by atoms with Crippen LogP contribution in [-0.2, 0) is 10.0 Å². The third-order valence-corrected chi connectivity index (χ3v) is 7.14. The van der Waals surface area contributed by atoms with Gasteiger partial charge in [0.15, 0.2) is 0 Å². The largest absolute Gasteiger partial charge is 0.323 e. The maximum absolute atomic E-state index is 12.9. The number of carbonyl (C=O) groups excluding carboxylic acids is 1. The molecule has 150 valence electrons. The lowest BCUT2D eigenvalue weighted by atomic mass is 10.2. The average Bonchev–Trinajstić information content (AvgIpc) is 2.90. The Labute approximate surface area is 175 Å². The number of nitrogens with zero attached hydrogens (tertiary/aromatic N) is 2. The molecule has 0 atom stereocenters. The SMILES string of the molecule is Cc1ccc(S(=O)(=O)N2CCCN(C(=O)Nc3cccc(Cl)c3)CC2)cc1Cl. The first-order valence-corrected chi connectivity index (χ1v) is 11.0. The number of aryl methyl sites for hydroxylation is 1. The summed E-state index contributed by atoms with van der Waals surface area (Å²) in [7, 11) is -3.67. The van der Waals surface area contributed by atoms with Crippen molar-refractivity contribution in [2.45, 2.75) is 18.2 Å². The minimum Gasteiger partial charge on any atom is -0.323 e. The summed E-state index contributed by atoms with van der Waals surface area (Å²) in [5.41, 5.74) is 1.42. The van der Waals surface area contributed by atoms with E-state index in [9.17, 15) is 13.2 Å². The van der Waals surface area contributed by atoms with Gasteiger partial charge in [-0.15, -0.1) is 0 Å². The predicted octanol–water partition coefficient (Wildman–Crippen LogP) is 4.23. The van der Waals surface area contributed by atoms with Gasteiger partial charge in [-0.1, -0.05) is 35.3 Å². The highest BCUT2D eigenvalue weighted by Gasteiger charge is 2.28. The number of hydrogen-bond acceptors (Lipinski definition) is 3. The zero-order valence-corrected chi connectivity index (χ0v) is 17.7. The summed E-state index contributed by atoms with van der Waals surface area (Å²) in [6.07, 6.45) is 0.543. The smallest absolute Gasteiger partial charge is 0.321 e. The van der Waals surface area contributed by atoms with Gasteiger partial charge in [0.1, 0.15) is 0 Å². The standard InChI is InChI=1S/C19H21Cl2N3O3S/c1-14-6-7-17(13-18(14)21)28(26,27)24-9-3-8-23(10-11-24)19(25)22-16-5-2-4-15(20)12-16/h2,4-7,12-13H,3,8-11H2,1H3,(H,22,25). The summed E-state index contributed by atoms with van der Waals surface area (Å²) >= 11 is 12.0. The van der Waals surface area contributed by atoms with Crippen LogP contribution in [0.25, 0.3) is 0 Å². The van der Waals surface area contributed by atoms with Crippen molar-refractivity contribution in [1.29, 1.82) is 0 Å². The molecule has 6 nitrogen and oxygen atoms in total. The number of rotatable bonds is 3. The van der Waals surface area contributed by atoms with Crippen LogP contribution in [0.1, 0.15) is 12.0 Å². The van der Waals surface area contributed by atoms with Gasteiger partial charge in [0.25, 0.3) is 0 Å². The average molecular weight is 442 g/mol. The van der Waals surface area contributed by atoms with E-state index < -0.39 is 10.0 Å². The fourth-order valence-corrected chi connectivity index (χ4v) is 4.92. The summed E-state index contributed by atoms with van der Waals surface area (Å²) in [5.74, 6) is 0. The Morgan fingerprint density at radius 1 is 1.04 bits per heavy atom. The Kier molecular flexibility index (Phi) is 6.50. The lowest BCUT2D eigenvalue weighted by molar-refractivity contribution is 0.214. The van der Waals surface area contributed by atoms with Gasteiger partial charge in [-0.05, 0) is 49.2 Å². The molecule has 9 heteroatoms. The van der Waals surface area contributed by atoms with Crippen molar-refractivity contribution >= 4 is 44.9 Å². The van der Waals surface area contributed by atoms with Crippen LogP contribution in [0, 0.1) is 6.92 Å². The minimum atomic E-state index is -3.67. The van der Waals surface area contributed by atoms with Crippen LogP contribution in [0.2, 0.25) is 10.0 Å². The molecule has 1 heterocycles. The van der Waals surface area contributed by atoms with E-state index in [2.05, 4.69) is 5.32 Å². The van der Waals surface area contributed by atoms with Gasteiger partial charge in [0, 0.05) is 41.9 Å². The number of hydrogen-bond donors (Lipinski definition) is 1. The van der Waals surface area contributed by atoms with Crippen molar-refractivity contribution in [3.05, 3.63) is 58.1 Å². The summed E-state index contributed by atoms with van der Waals surface area (Å²) < 4.78 is 27.3. The molecule has 28 heavy (non-hydrogen) atoms. The van der Waals surface area contributed by atoms with Gasteiger partial charge in [-0.2, -0.15) is 4.31 Å². The molecule has 2 aromatic carbocycles. The summed E-state index contributed by atoms with van der Waals surface area (Å²) in [5, 5.41) is 3.74. The third-order valence-electron chi connectivity index (χ3n) is 4.60. The van der Waals surface area contributed by atoms with Crippen molar-refractivity contribution in [2.24, 2.45) is 0 Å². The maximum Gasteiger partial charge on any atom is 0.321 e. The van der Waals surface area contributed by atoms with Crippen molar-refractivity contribution < 1.29 is 13.2 Å². The lowest BCUT2D eigenvalue weighted by Crippen LogP contribution is -2.39. The fourth-order valence-electron chi connectivity index (χ4n) is 2.99. The first kappa shape index (κ1) is 20.9. The molecule has 0 spiro atoms. The van der Waals surface area contributed by atoms with E-state index in [-0.39, 0.29) is 17.5 Å². The zero-order valence-electron chi connectivity index (χ0n) is 15.4. The Bertz CT molecular complexity index is 982. The molecule has 3 rings (SSSR count). The monoisotopic (exact) mass is 441 g/mol. The number of carbonyl (C=O) groups is 1. The summed E-state index contributed by atoms with van der Waals surface area (Å²) in [4.78, 5) is 14.3. The highest BCUT2D eigenvalue weighted by Crippen LogP contribution is 2.24. The van der Waals surface area contributed by atoms with E-state index in [1.807, 2.05) is 6.92 Å². The molecule has 2 aromatic rings. The first-order valence-electron chi connectivity index (χ1n) is 8.85. The predicted molar refractivity (Wildman–Crippen MR) is 112 cm³/mol. The molecule has 0 saturated carbocycles. The highest BCUT2D eigenvalue weighted by atomic mass is 35.5. The van der Waals surface area contributed by atoms with Crippen LogP contribution in [0.15, 0.2) is 47.4 Å². The molecule has 1 N–H and O–H groups in total. The second kappa shape index (κ2) is 8.69. The van der Waals surface area contributed by atoms with Gasteiger partial charge < -0.3 is 10.2 Å². The maximum atomic E-state index is 12.9. The molecule has 2 amide bonds. The molecule has 0 radical (unpaired) electrons. The molecule has 1 aliphatic heterocycles. The molecule has 1 aliphatic rings. The first-order chi connectivity index (χ1) is 13.3. The second-order valence-corrected chi connectivity index (χ2v) is 9.38. The molecule has 0 aliphatic carbocycles. The van der Waals surface area contributed by atoms with Crippen LogP contribution in [0.3, 0.4) is 0 Å². The number of benzene rings is 2. The van der Waals surface area contributed by atoms with Gasteiger partial charge in [0.05, 0.1) is 4.90 Å². The van der Waals surface area contributed by atoms with Crippen LogP contribution in [0.4, 0.5) is 10.5 Å².